The number of rotatable bonds is 54. The van der Waals surface area contributed by atoms with Crippen LogP contribution in [-0.4, -0.2) is 140 Å². The molecule has 2 rings (SSSR count). The van der Waals surface area contributed by atoms with Gasteiger partial charge in [-0.25, -0.2) is 0 Å². The lowest BCUT2D eigenvalue weighted by Crippen LogP contribution is -2.65. The monoisotopic (exact) mass is 1230 g/mol. The molecule has 1 amide bonds. The Labute approximate surface area is 532 Å². The highest BCUT2D eigenvalue weighted by molar-refractivity contribution is 5.76. The van der Waals surface area contributed by atoms with Gasteiger partial charge in [0.15, 0.2) is 12.6 Å². The Morgan fingerprint density at radius 2 is 0.795 bits per heavy atom. The van der Waals surface area contributed by atoms with E-state index >= 15 is 0 Å². The molecular formula is C74H123NO13. The van der Waals surface area contributed by atoms with Crippen molar-refractivity contribution in [1.29, 1.82) is 0 Å². The van der Waals surface area contributed by atoms with E-state index in [1.165, 1.54) is 122 Å². The lowest BCUT2D eigenvalue weighted by Gasteiger charge is -2.46. The average Bonchev–Trinajstić information content (AvgIpc) is 2.07. The number of allylic oxidation sites excluding steroid dienone is 21. The van der Waals surface area contributed by atoms with E-state index < -0.39 is 86.8 Å². The molecule has 2 aliphatic heterocycles. The Morgan fingerprint density at radius 3 is 1.25 bits per heavy atom. The highest BCUT2D eigenvalue weighted by atomic mass is 16.7. The Hall–Kier alpha value is -3.87. The molecule has 14 nitrogen and oxygen atoms in total. The summed E-state index contributed by atoms with van der Waals surface area (Å²) in [7, 11) is 0. The van der Waals surface area contributed by atoms with Crippen LogP contribution in [0.2, 0.25) is 0 Å². The fourth-order valence-corrected chi connectivity index (χ4v) is 10.4. The van der Waals surface area contributed by atoms with Crippen molar-refractivity contribution in [2.45, 2.75) is 306 Å². The van der Waals surface area contributed by atoms with E-state index in [9.17, 15) is 45.6 Å². The van der Waals surface area contributed by atoms with E-state index in [4.69, 9.17) is 18.9 Å². The van der Waals surface area contributed by atoms with Crippen molar-refractivity contribution >= 4 is 5.91 Å². The van der Waals surface area contributed by atoms with Crippen LogP contribution < -0.4 is 5.32 Å². The van der Waals surface area contributed by atoms with Crippen molar-refractivity contribution in [2.24, 2.45) is 0 Å². The van der Waals surface area contributed by atoms with Crippen LogP contribution >= 0.6 is 0 Å². The molecule has 0 spiro atoms. The number of aliphatic hydroxyl groups is 8. The lowest BCUT2D eigenvalue weighted by atomic mass is 9.97. The molecule has 0 bridgehead atoms. The number of hydrogen-bond donors (Lipinski definition) is 9. The summed E-state index contributed by atoms with van der Waals surface area (Å²) in [6.07, 6.45) is 67.9. The van der Waals surface area contributed by atoms with Gasteiger partial charge in [0.05, 0.1) is 32.0 Å². The molecule has 0 saturated carbocycles. The Balaban J connectivity index is 1.76. The first-order valence-electron chi connectivity index (χ1n) is 34.4. The average molecular weight is 1230 g/mol. The zero-order valence-corrected chi connectivity index (χ0v) is 54.4. The van der Waals surface area contributed by atoms with Gasteiger partial charge in [-0.05, 0) is 96.3 Å². The number of unbranched alkanes of at least 4 members (excludes halogenated alkanes) is 21. The van der Waals surface area contributed by atoms with Gasteiger partial charge < -0.3 is 65.1 Å². The van der Waals surface area contributed by atoms with Gasteiger partial charge in [0.1, 0.15) is 48.8 Å². The molecule has 0 aliphatic carbocycles. The van der Waals surface area contributed by atoms with Crippen LogP contribution in [0.1, 0.15) is 232 Å². The summed E-state index contributed by atoms with van der Waals surface area (Å²) in [5.74, 6) is -0.311. The number of carbonyl (C=O) groups excluding carboxylic acids is 1. The molecule has 502 valence electrons. The second-order valence-electron chi connectivity index (χ2n) is 23.6. The third kappa shape index (κ3) is 40.8. The number of hydrogen-bond acceptors (Lipinski definition) is 13. The smallest absolute Gasteiger partial charge is 0.220 e. The molecule has 12 atom stereocenters. The minimum absolute atomic E-state index is 0.184. The van der Waals surface area contributed by atoms with Crippen molar-refractivity contribution < 1.29 is 64.6 Å². The van der Waals surface area contributed by atoms with Crippen molar-refractivity contribution in [3.63, 3.8) is 0 Å². The summed E-state index contributed by atoms with van der Waals surface area (Å²) in [4.78, 5) is 13.3. The molecule has 14 heteroatoms. The molecule has 2 fully saturated rings. The first kappa shape index (κ1) is 80.2. The normalized spacial score (nSPS) is 24.0. The number of carbonyl (C=O) groups is 1. The second kappa shape index (κ2) is 57.1. The van der Waals surface area contributed by atoms with Crippen LogP contribution in [0.25, 0.3) is 0 Å². The molecule has 12 unspecified atom stereocenters. The highest BCUT2D eigenvalue weighted by Crippen LogP contribution is 2.30. The van der Waals surface area contributed by atoms with Crippen molar-refractivity contribution in [1.82, 2.24) is 5.32 Å². The number of aliphatic hydroxyl groups excluding tert-OH is 8. The van der Waals surface area contributed by atoms with Gasteiger partial charge in [-0.15, -0.1) is 0 Å². The van der Waals surface area contributed by atoms with Gasteiger partial charge in [0.25, 0.3) is 0 Å². The van der Waals surface area contributed by atoms with Gasteiger partial charge >= 0.3 is 0 Å². The Bertz CT molecular complexity index is 1990. The summed E-state index contributed by atoms with van der Waals surface area (Å²) < 4.78 is 22.8. The van der Waals surface area contributed by atoms with Crippen LogP contribution in [-0.2, 0) is 23.7 Å². The SMILES string of the molecule is CC/C=C\C/C=C\C/C=C\C/C=C\C/C=C\C/C=C\C/C=C\C/C=C\C/C=C\CCCC(=O)NC(COC1OC(CO)C(OC2OC(CO)C(O)C(O)C2O)C(O)C1O)C(O)/C=C/CC/C=C/CCCCCCCCCCCCCCCCCCCCC. The molecule has 0 aromatic carbocycles. The van der Waals surface area contributed by atoms with Crippen molar-refractivity contribution in [3.8, 4) is 0 Å². The van der Waals surface area contributed by atoms with Crippen LogP contribution in [0, 0.1) is 0 Å². The van der Waals surface area contributed by atoms with Crippen LogP contribution in [0.3, 0.4) is 0 Å². The maximum absolute atomic E-state index is 13.3. The molecule has 2 saturated heterocycles. The van der Waals surface area contributed by atoms with Crippen molar-refractivity contribution in [3.05, 3.63) is 134 Å². The molecule has 0 aromatic rings. The minimum atomic E-state index is -1.80. The summed E-state index contributed by atoms with van der Waals surface area (Å²) in [5.41, 5.74) is 0. The maximum atomic E-state index is 13.3. The Kier molecular flexibility index (Phi) is 52.0. The summed E-state index contributed by atoms with van der Waals surface area (Å²) in [5, 5.41) is 87.3. The maximum Gasteiger partial charge on any atom is 0.220 e. The van der Waals surface area contributed by atoms with E-state index in [0.29, 0.717) is 19.3 Å². The van der Waals surface area contributed by atoms with Gasteiger partial charge in [-0.1, -0.05) is 263 Å². The van der Waals surface area contributed by atoms with Crippen LogP contribution in [0.5, 0.6) is 0 Å². The molecule has 88 heavy (non-hydrogen) atoms. The standard InChI is InChI=1S/C74H123NO13/c1-3-5-7-9-11-13-15-17-19-21-23-25-27-29-30-31-32-34-36-38-40-42-44-46-48-50-52-54-56-58-66(79)75-62(61-85-73-71(84)69(82)72(65(60-77)87-73)88-74-70(83)68(81)67(80)64(59-76)86-74)63(78)57-55-53-51-49-47-45-43-41-39-37-35-33-28-26-24-22-20-18-16-14-12-10-8-6-4-2/h5,7,11,13,17,19,23,25,29-30,32,34,38,40,44,46-47,49-50,52,55,57,62-65,67-74,76-78,80-84H,3-4,6,8-10,12,14-16,18,20-22,24,26-28,31,33,35-37,39,41-43,45,48,51,53-54,56,58-61H2,1-2H3,(H,75,79)/b7-5-,13-11-,19-17-,25-23-,30-29-,34-32-,40-38-,46-44-,49-47+,52-50-,57-55+. The predicted molar refractivity (Wildman–Crippen MR) is 359 cm³/mol. The van der Waals surface area contributed by atoms with Crippen LogP contribution in [0.15, 0.2) is 134 Å². The highest BCUT2D eigenvalue weighted by Gasteiger charge is 2.51. The van der Waals surface area contributed by atoms with E-state index in [-0.39, 0.29) is 18.9 Å². The van der Waals surface area contributed by atoms with Gasteiger partial charge in [-0.2, -0.15) is 0 Å². The summed E-state index contributed by atoms with van der Waals surface area (Å²) in [6.45, 7) is 2.63. The number of nitrogens with one attached hydrogen (secondary N) is 1. The van der Waals surface area contributed by atoms with E-state index in [1.54, 1.807) is 6.08 Å². The number of amides is 1. The van der Waals surface area contributed by atoms with Gasteiger partial charge in [0.2, 0.25) is 5.91 Å². The van der Waals surface area contributed by atoms with Crippen molar-refractivity contribution in [2.75, 3.05) is 19.8 Å². The molecule has 2 heterocycles. The van der Waals surface area contributed by atoms with Gasteiger partial charge in [0, 0.05) is 6.42 Å². The van der Waals surface area contributed by atoms with Crippen LogP contribution in [0.4, 0.5) is 0 Å². The molecular weight excluding hydrogens is 1110 g/mol. The number of ether oxygens (including phenoxy) is 4. The molecule has 9 N–H and O–H groups in total. The third-order valence-corrected chi connectivity index (χ3v) is 15.8. The minimum Gasteiger partial charge on any atom is -0.394 e. The largest absolute Gasteiger partial charge is 0.394 e. The molecule has 2 aliphatic rings. The zero-order chi connectivity index (χ0) is 63.8. The molecule has 0 aromatic heterocycles. The first-order chi connectivity index (χ1) is 43.1. The first-order valence-corrected chi connectivity index (χ1v) is 34.4. The summed E-state index contributed by atoms with van der Waals surface area (Å²) >= 11 is 0. The lowest BCUT2D eigenvalue weighted by molar-refractivity contribution is -0.359. The summed E-state index contributed by atoms with van der Waals surface area (Å²) in [6, 6.07) is -0.974. The van der Waals surface area contributed by atoms with E-state index in [0.717, 1.165) is 70.6 Å². The van der Waals surface area contributed by atoms with E-state index in [1.807, 2.05) is 12.2 Å². The fourth-order valence-electron chi connectivity index (χ4n) is 10.4. The van der Waals surface area contributed by atoms with E-state index in [2.05, 4.69) is 135 Å². The zero-order valence-electron chi connectivity index (χ0n) is 54.4. The predicted octanol–water partition coefficient (Wildman–Crippen LogP) is 13.9. The molecule has 0 radical (unpaired) electrons. The topological polar surface area (TPSA) is 228 Å². The van der Waals surface area contributed by atoms with Gasteiger partial charge in [-0.3, -0.25) is 4.79 Å². The fraction of sp³-hybridized carbons (Fsp3) is 0.689. The Morgan fingerprint density at radius 1 is 0.420 bits per heavy atom. The third-order valence-electron chi connectivity index (χ3n) is 15.8. The quantitative estimate of drug-likeness (QED) is 0.0204. The second-order valence-corrected chi connectivity index (χ2v) is 23.6.